The highest BCUT2D eigenvalue weighted by Crippen LogP contribution is 2.04. The molecule has 0 aliphatic heterocycles. The van der Waals surface area contributed by atoms with Crippen molar-refractivity contribution in [2.75, 3.05) is 7.11 Å². The highest BCUT2D eigenvalue weighted by molar-refractivity contribution is 5.92. The first-order valence-electron chi connectivity index (χ1n) is 5.24. The maximum absolute atomic E-state index is 11.1. The van der Waals surface area contributed by atoms with Gasteiger partial charge in [0, 0.05) is 12.1 Å². The predicted octanol–water partition coefficient (Wildman–Crippen LogP) is 0.437. The molecule has 0 aliphatic carbocycles. The van der Waals surface area contributed by atoms with Gasteiger partial charge in [0.2, 0.25) is 5.91 Å². The number of hydrogen-bond donors (Lipinski definition) is 2. The van der Waals surface area contributed by atoms with E-state index < -0.39 is 11.9 Å². The van der Waals surface area contributed by atoms with Gasteiger partial charge in [-0.3, -0.25) is 9.59 Å². The highest BCUT2D eigenvalue weighted by atomic mass is 16.5. The monoisotopic (exact) mass is 236 g/mol. The molecule has 1 rings (SSSR count). The molecule has 92 valence electrons. The van der Waals surface area contributed by atoms with Crippen molar-refractivity contribution in [2.45, 2.75) is 19.5 Å². The van der Waals surface area contributed by atoms with Crippen LogP contribution in [0, 0.1) is 0 Å². The number of carbonyl (C=O) groups excluding carboxylic acids is 2. The zero-order valence-electron chi connectivity index (χ0n) is 9.90. The molecular formula is C12H16N2O3. The van der Waals surface area contributed by atoms with E-state index in [4.69, 9.17) is 5.73 Å². The van der Waals surface area contributed by atoms with Crippen LogP contribution in [0.15, 0.2) is 24.3 Å². The lowest BCUT2D eigenvalue weighted by atomic mass is 10.1. The molecule has 17 heavy (non-hydrogen) atoms. The molecule has 1 amide bonds. The minimum Gasteiger partial charge on any atom is -0.468 e. The number of primary amides is 1. The van der Waals surface area contributed by atoms with Gasteiger partial charge < -0.3 is 15.8 Å². The van der Waals surface area contributed by atoms with E-state index >= 15 is 0 Å². The van der Waals surface area contributed by atoms with Crippen LogP contribution < -0.4 is 11.1 Å². The molecule has 0 aliphatic rings. The van der Waals surface area contributed by atoms with Gasteiger partial charge in [0.15, 0.2) is 0 Å². The van der Waals surface area contributed by atoms with Crippen LogP contribution in [0.25, 0.3) is 0 Å². The van der Waals surface area contributed by atoms with Crippen LogP contribution in [-0.2, 0) is 16.1 Å². The van der Waals surface area contributed by atoms with Crippen molar-refractivity contribution in [3.8, 4) is 0 Å². The lowest BCUT2D eigenvalue weighted by Gasteiger charge is -2.11. The number of amides is 1. The number of esters is 1. The molecule has 0 unspecified atom stereocenters. The van der Waals surface area contributed by atoms with Crippen molar-refractivity contribution in [1.29, 1.82) is 0 Å². The molecular weight excluding hydrogens is 220 g/mol. The largest absolute Gasteiger partial charge is 0.468 e. The molecule has 0 heterocycles. The van der Waals surface area contributed by atoms with Gasteiger partial charge in [0.05, 0.1) is 7.11 Å². The third-order valence-electron chi connectivity index (χ3n) is 2.38. The summed E-state index contributed by atoms with van der Waals surface area (Å²) >= 11 is 0. The van der Waals surface area contributed by atoms with Crippen LogP contribution >= 0.6 is 0 Å². The fraction of sp³-hybridized carbons (Fsp3) is 0.333. The molecule has 3 N–H and O–H groups in total. The average Bonchev–Trinajstić information content (AvgIpc) is 2.35. The number of carbonyl (C=O) groups is 2. The van der Waals surface area contributed by atoms with E-state index in [0.717, 1.165) is 5.56 Å². The Labute approximate surface area is 99.9 Å². The van der Waals surface area contributed by atoms with E-state index in [1.165, 1.54) is 7.11 Å². The minimum absolute atomic E-state index is 0.323. The van der Waals surface area contributed by atoms with Crippen LogP contribution in [0.3, 0.4) is 0 Å². The highest BCUT2D eigenvalue weighted by Gasteiger charge is 2.11. The molecule has 1 aromatic carbocycles. The van der Waals surface area contributed by atoms with Crippen LogP contribution in [0.4, 0.5) is 0 Å². The van der Waals surface area contributed by atoms with E-state index in [1.807, 2.05) is 6.07 Å². The third-order valence-corrected chi connectivity index (χ3v) is 2.38. The van der Waals surface area contributed by atoms with E-state index in [0.29, 0.717) is 12.1 Å². The van der Waals surface area contributed by atoms with Gasteiger partial charge in [0.1, 0.15) is 6.04 Å². The Morgan fingerprint density at radius 3 is 2.76 bits per heavy atom. The Hall–Kier alpha value is -1.88. The summed E-state index contributed by atoms with van der Waals surface area (Å²) in [6.45, 7) is 2.18. The van der Waals surface area contributed by atoms with Crippen molar-refractivity contribution in [3.05, 3.63) is 35.4 Å². The summed E-state index contributed by atoms with van der Waals surface area (Å²) in [6.07, 6.45) is 0. The maximum atomic E-state index is 11.1. The zero-order valence-corrected chi connectivity index (χ0v) is 9.90. The molecule has 1 atom stereocenters. The molecule has 0 bridgehead atoms. The normalized spacial score (nSPS) is 11.9. The molecule has 0 saturated carbocycles. The summed E-state index contributed by atoms with van der Waals surface area (Å²) in [5.74, 6) is -0.788. The average molecular weight is 236 g/mol. The summed E-state index contributed by atoms with van der Waals surface area (Å²) < 4.78 is 4.59. The van der Waals surface area contributed by atoms with Gasteiger partial charge in [-0.15, -0.1) is 0 Å². The van der Waals surface area contributed by atoms with Crippen molar-refractivity contribution in [2.24, 2.45) is 5.73 Å². The lowest BCUT2D eigenvalue weighted by molar-refractivity contribution is -0.142. The number of methoxy groups -OCH3 is 1. The SMILES string of the molecule is COC(=O)[C@@H](C)NCc1cccc(C(N)=O)c1. The Balaban J connectivity index is 2.60. The molecule has 0 radical (unpaired) electrons. The maximum Gasteiger partial charge on any atom is 0.322 e. The predicted molar refractivity (Wildman–Crippen MR) is 63.3 cm³/mol. The van der Waals surface area contributed by atoms with E-state index in [-0.39, 0.29) is 5.97 Å². The summed E-state index contributed by atoms with van der Waals surface area (Å²) in [5, 5.41) is 2.99. The quantitative estimate of drug-likeness (QED) is 0.727. The molecule has 1 aromatic rings. The van der Waals surface area contributed by atoms with Crippen LogP contribution in [0.5, 0.6) is 0 Å². The number of nitrogens with one attached hydrogen (secondary N) is 1. The number of hydrogen-bond acceptors (Lipinski definition) is 4. The Morgan fingerprint density at radius 1 is 1.47 bits per heavy atom. The molecule has 0 aromatic heterocycles. The van der Waals surface area contributed by atoms with Crippen LogP contribution in [0.2, 0.25) is 0 Å². The number of benzene rings is 1. The van der Waals surface area contributed by atoms with Gasteiger partial charge in [-0.2, -0.15) is 0 Å². The van der Waals surface area contributed by atoms with E-state index in [2.05, 4.69) is 10.1 Å². The van der Waals surface area contributed by atoms with Gasteiger partial charge in [0.25, 0.3) is 0 Å². The van der Waals surface area contributed by atoms with Gasteiger partial charge in [-0.25, -0.2) is 0 Å². The van der Waals surface area contributed by atoms with Crippen LogP contribution in [0.1, 0.15) is 22.8 Å². The fourth-order valence-corrected chi connectivity index (χ4v) is 1.37. The summed E-state index contributed by atoms with van der Waals surface area (Å²) in [5.41, 5.74) is 6.51. The summed E-state index contributed by atoms with van der Waals surface area (Å²) in [4.78, 5) is 22.1. The molecule has 0 spiro atoms. The first-order valence-corrected chi connectivity index (χ1v) is 5.24. The first-order chi connectivity index (χ1) is 8.04. The Kier molecular flexibility index (Phi) is 4.66. The number of rotatable bonds is 5. The minimum atomic E-state index is -0.465. The van der Waals surface area contributed by atoms with E-state index in [9.17, 15) is 9.59 Å². The second kappa shape index (κ2) is 6.00. The van der Waals surface area contributed by atoms with Gasteiger partial charge >= 0.3 is 5.97 Å². The Morgan fingerprint density at radius 2 is 2.18 bits per heavy atom. The van der Waals surface area contributed by atoms with Crippen molar-refractivity contribution >= 4 is 11.9 Å². The van der Waals surface area contributed by atoms with Crippen molar-refractivity contribution in [3.63, 3.8) is 0 Å². The van der Waals surface area contributed by atoms with Gasteiger partial charge in [-0.1, -0.05) is 12.1 Å². The van der Waals surface area contributed by atoms with Crippen molar-refractivity contribution < 1.29 is 14.3 Å². The standard InChI is InChI=1S/C12H16N2O3/c1-8(12(16)17-2)14-7-9-4-3-5-10(6-9)11(13)15/h3-6,8,14H,7H2,1-2H3,(H2,13,15)/t8-/m1/s1. The molecule has 5 heteroatoms. The topological polar surface area (TPSA) is 81.4 Å². The first kappa shape index (κ1) is 13.2. The Bertz CT molecular complexity index is 418. The molecule has 0 fully saturated rings. The van der Waals surface area contributed by atoms with Crippen molar-refractivity contribution in [1.82, 2.24) is 5.32 Å². The fourth-order valence-electron chi connectivity index (χ4n) is 1.37. The zero-order chi connectivity index (χ0) is 12.8. The molecule has 0 saturated heterocycles. The van der Waals surface area contributed by atoms with E-state index in [1.54, 1.807) is 25.1 Å². The van der Waals surface area contributed by atoms with Crippen LogP contribution in [-0.4, -0.2) is 25.0 Å². The second-order valence-electron chi connectivity index (χ2n) is 3.69. The number of ether oxygens (including phenoxy) is 1. The lowest BCUT2D eigenvalue weighted by Crippen LogP contribution is -2.34. The smallest absolute Gasteiger partial charge is 0.322 e. The summed E-state index contributed by atoms with van der Waals surface area (Å²) in [7, 11) is 1.34. The molecule has 5 nitrogen and oxygen atoms in total. The third kappa shape index (κ3) is 3.88. The summed E-state index contributed by atoms with van der Waals surface area (Å²) in [6, 6.07) is 6.55. The number of nitrogens with two attached hydrogens (primary N) is 1. The van der Waals surface area contributed by atoms with Gasteiger partial charge in [-0.05, 0) is 24.6 Å². The second-order valence-corrected chi connectivity index (χ2v) is 3.69.